The van der Waals surface area contributed by atoms with E-state index in [2.05, 4.69) is 38.0 Å². The van der Waals surface area contributed by atoms with Crippen molar-refractivity contribution in [2.75, 3.05) is 32.7 Å². The van der Waals surface area contributed by atoms with Gasteiger partial charge in [0.25, 0.3) is 11.8 Å². The van der Waals surface area contributed by atoms with Crippen molar-refractivity contribution in [3.8, 4) is 11.8 Å². The third-order valence-corrected chi connectivity index (χ3v) is 19.1. The van der Waals surface area contributed by atoms with E-state index in [4.69, 9.17) is 5.73 Å². The van der Waals surface area contributed by atoms with Crippen molar-refractivity contribution in [2.45, 2.75) is 119 Å². The number of primary amides is 1. The summed E-state index contributed by atoms with van der Waals surface area (Å²) in [5.74, 6) is 1.18. The van der Waals surface area contributed by atoms with Crippen LogP contribution in [0.15, 0.2) is 103 Å². The highest BCUT2D eigenvalue weighted by Crippen LogP contribution is 2.59. The lowest BCUT2D eigenvalue weighted by Gasteiger charge is -2.40. The van der Waals surface area contributed by atoms with Gasteiger partial charge < -0.3 is 51.1 Å². The molecular formula is C62H66F2N9O12PS. The molecule has 0 spiro atoms. The Kier molecular flexibility index (Phi) is 18.8. The highest BCUT2D eigenvalue weighted by atomic mass is 32.1. The van der Waals surface area contributed by atoms with Crippen LogP contribution in [0.5, 0.6) is 0 Å². The normalized spacial score (nSPS) is 20.6. The molecule has 0 radical (unpaired) electrons. The van der Waals surface area contributed by atoms with Gasteiger partial charge in [0.2, 0.25) is 41.4 Å². The number of unbranched alkanes of at least 4 members (excludes halogenated alkanes) is 1. The van der Waals surface area contributed by atoms with E-state index in [1.165, 1.54) is 21.9 Å². The second kappa shape index (κ2) is 26.4. The standard InChI is InChI=1S/C62H66F2N9O12PS/c63-62(64,86(83,84)85)42-18-23-50-41(33-42)34-51(87-50)58(79)67-47-36-71(59(80)40-26-30-70(31-27-40)29-9-3-8-11-37-16-10-17-44-45(37)35-72(60(44)81)48-22-25-53(75)68-56(48)77)32-28-43-19-21-49(73(43)61(47)82)57(78)66-46(20-24-52(65)74)55(76)69-54(38-12-4-1-5-13-38)39-14-6-2-7-15-39/h1-2,4-7,10,12-18,23,33-34,40,43,46-49,54H,3,9,19-22,24-32,35-36H2,(H2,65,74)(H,66,78)(H,67,79)(H,69,76)(H,68,75,77)(H2,83,84,85)/t43-,46+,47+,48?,49+/m1/s1. The minimum absolute atomic E-state index is 0.0361. The average molecular weight is 1230 g/mol. The number of thiophene rings is 1. The van der Waals surface area contributed by atoms with Crippen molar-refractivity contribution in [1.29, 1.82) is 0 Å². The molecule has 0 bridgehead atoms. The second-order valence-electron chi connectivity index (χ2n) is 22.6. The summed E-state index contributed by atoms with van der Waals surface area (Å²) in [6.45, 7) is 1.98. The summed E-state index contributed by atoms with van der Waals surface area (Å²) in [4.78, 5) is 148. The smallest absolute Gasteiger partial charge is 0.370 e. The molecule has 4 saturated heterocycles. The van der Waals surface area contributed by atoms with Gasteiger partial charge in [-0.1, -0.05) is 84.6 Å². The van der Waals surface area contributed by atoms with Gasteiger partial charge in [0.1, 0.15) is 24.2 Å². The molecule has 0 aliphatic carbocycles. The maximum absolute atomic E-state index is 15.2. The summed E-state index contributed by atoms with van der Waals surface area (Å²) in [6.07, 6.45) is 3.02. The van der Waals surface area contributed by atoms with Crippen LogP contribution in [0.2, 0.25) is 0 Å². The van der Waals surface area contributed by atoms with Crippen LogP contribution >= 0.6 is 18.9 Å². The number of carbonyl (C=O) groups is 9. The Morgan fingerprint density at radius 3 is 2.23 bits per heavy atom. The predicted octanol–water partition coefficient (Wildman–Crippen LogP) is 4.78. The molecule has 5 aliphatic heterocycles. The number of hydrogen-bond acceptors (Lipinski definition) is 12. The maximum atomic E-state index is 15.2. The maximum Gasteiger partial charge on any atom is 0.399 e. The third kappa shape index (κ3) is 13.8. The zero-order valence-corrected chi connectivity index (χ0v) is 49.0. The Hall–Kier alpha value is -8.20. The van der Waals surface area contributed by atoms with E-state index in [1.807, 2.05) is 66.7 Å². The predicted molar refractivity (Wildman–Crippen MR) is 315 cm³/mol. The molecule has 10 rings (SSSR count). The van der Waals surface area contributed by atoms with Crippen LogP contribution in [-0.4, -0.2) is 145 Å². The Labute approximate surface area is 503 Å². The number of hydrogen-bond donors (Lipinski definition) is 7. The molecule has 0 saturated carbocycles. The summed E-state index contributed by atoms with van der Waals surface area (Å²) in [6, 6.07) is 22.0. The van der Waals surface area contributed by atoms with Gasteiger partial charge in [-0.25, -0.2) is 0 Å². The first-order chi connectivity index (χ1) is 41.6. The van der Waals surface area contributed by atoms with Crippen molar-refractivity contribution in [1.82, 2.24) is 40.9 Å². The van der Waals surface area contributed by atoms with Gasteiger partial charge in [-0.15, -0.1) is 11.3 Å². The fourth-order valence-corrected chi connectivity index (χ4v) is 13.7. The lowest BCUT2D eigenvalue weighted by Crippen LogP contribution is -2.62. The molecule has 5 atom stereocenters. The number of nitrogens with one attached hydrogen (secondary N) is 4. The van der Waals surface area contributed by atoms with E-state index in [0.717, 1.165) is 46.6 Å². The Morgan fingerprint density at radius 2 is 1.55 bits per heavy atom. The molecule has 87 heavy (non-hydrogen) atoms. The Morgan fingerprint density at radius 1 is 0.839 bits per heavy atom. The number of likely N-dealkylation sites (tertiary alicyclic amines) is 1. The number of nitrogens with zero attached hydrogens (tertiary/aromatic N) is 4. The largest absolute Gasteiger partial charge is 0.399 e. The van der Waals surface area contributed by atoms with Gasteiger partial charge in [-0.2, -0.15) is 8.78 Å². The highest BCUT2D eigenvalue weighted by molar-refractivity contribution is 7.52. The van der Waals surface area contributed by atoms with Crippen LogP contribution in [0.4, 0.5) is 8.78 Å². The van der Waals surface area contributed by atoms with Gasteiger partial charge in [-0.3, -0.25) is 53.0 Å². The molecule has 6 heterocycles. The summed E-state index contributed by atoms with van der Waals surface area (Å²) < 4.78 is 41.7. The number of imide groups is 1. The van der Waals surface area contributed by atoms with Gasteiger partial charge >= 0.3 is 13.3 Å². The van der Waals surface area contributed by atoms with E-state index >= 15 is 4.79 Å². The summed E-state index contributed by atoms with van der Waals surface area (Å²) in [5.41, 5.74) is 3.50. The van der Waals surface area contributed by atoms with Crippen LogP contribution in [0, 0.1) is 17.8 Å². The van der Waals surface area contributed by atoms with E-state index < -0.39 is 96.4 Å². The number of benzene rings is 4. The molecule has 1 unspecified atom stereocenters. The van der Waals surface area contributed by atoms with Crippen molar-refractivity contribution in [2.24, 2.45) is 11.7 Å². The molecule has 5 aliphatic rings. The van der Waals surface area contributed by atoms with Crippen LogP contribution in [0.3, 0.4) is 0 Å². The van der Waals surface area contributed by atoms with E-state index in [-0.39, 0.29) is 86.1 Å². The molecule has 21 nitrogen and oxygen atoms in total. The Bertz CT molecular complexity index is 3580. The zero-order valence-electron chi connectivity index (χ0n) is 47.3. The first-order valence-corrected chi connectivity index (χ1v) is 31.4. The van der Waals surface area contributed by atoms with Crippen molar-refractivity contribution < 1.29 is 66.3 Å². The summed E-state index contributed by atoms with van der Waals surface area (Å²) in [5, 5.41) is 11.0. The first kappa shape index (κ1) is 61.9. The number of halogens is 2. The Balaban J connectivity index is 0.818. The molecule has 456 valence electrons. The molecular weight excluding hydrogens is 1160 g/mol. The van der Waals surface area contributed by atoms with E-state index in [9.17, 15) is 61.5 Å². The molecule has 25 heteroatoms. The third-order valence-electron chi connectivity index (χ3n) is 16.9. The fraction of sp³-hybridized carbons (Fsp3) is 0.403. The minimum atomic E-state index is -5.92. The van der Waals surface area contributed by atoms with Gasteiger partial charge in [0, 0.05) is 72.2 Å². The van der Waals surface area contributed by atoms with Crippen molar-refractivity contribution >= 4 is 82.2 Å². The second-order valence-corrected chi connectivity index (χ2v) is 25.4. The van der Waals surface area contributed by atoms with Crippen LogP contribution in [0.25, 0.3) is 10.1 Å². The number of nitrogens with two attached hydrogens (primary N) is 1. The highest BCUT2D eigenvalue weighted by Gasteiger charge is 2.51. The van der Waals surface area contributed by atoms with Crippen LogP contribution in [0.1, 0.15) is 125 Å². The topological polar surface area (TPSA) is 298 Å². The van der Waals surface area contributed by atoms with Crippen LogP contribution in [-0.2, 0) is 50.3 Å². The molecule has 5 aromatic rings. The quantitative estimate of drug-likeness (QED) is 0.0269. The number of fused-ring (bicyclic) bond motifs is 3. The zero-order chi connectivity index (χ0) is 61.7. The minimum Gasteiger partial charge on any atom is -0.370 e. The number of rotatable bonds is 18. The van der Waals surface area contributed by atoms with Gasteiger partial charge in [0.15, 0.2) is 0 Å². The number of carbonyl (C=O) groups excluding carboxylic acids is 9. The van der Waals surface area contributed by atoms with Gasteiger partial charge in [-0.05, 0) is 123 Å². The first-order valence-electron chi connectivity index (χ1n) is 29.0. The van der Waals surface area contributed by atoms with E-state index in [0.29, 0.717) is 61.1 Å². The summed E-state index contributed by atoms with van der Waals surface area (Å²) >= 11 is 0.884. The van der Waals surface area contributed by atoms with Crippen molar-refractivity contribution in [3.63, 3.8) is 0 Å². The number of alkyl halides is 2. The average Bonchev–Trinajstić information content (AvgIpc) is 2.59. The van der Waals surface area contributed by atoms with Crippen molar-refractivity contribution in [3.05, 3.63) is 141 Å². The number of piperidine rings is 2. The molecule has 9 amide bonds. The monoisotopic (exact) mass is 1230 g/mol. The van der Waals surface area contributed by atoms with Gasteiger partial charge in [0.05, 0.1) is 10.9 Å². The molecule has 4 fully saturated rings. The number of amides is 9. The lowest BCUT2D eigenvalue weighted by molar-refractivity contribution is -0.147. The lowest BCUT2D eigenvalue weighted by atomic mass is 9.94. The summed E-state index contributed by atoms with van der Waals surface area (Å²) in [7, 11) is -5.92. The molecule has 8 N–H and O–H groups in total. The van der Waals surface area contributed by atoms with E-state index in [1.54, 1.807) is 17.0 Å². The SMILES string of the molecule is NC(=O)CC[C@H](NC(=O)[C@@H]1CC[C@@H]2CCN(C(=O)C3CCN(CCCC#Cc4cccc5c4CN(C4CCC(=O)NC4=O)C5=O)CC3)C[C@H](NC(=O)c3cc4cc(C(F)(F)P(=O)(O)O)ccc4s3)C(=O)N21)C(=O)NC(c1ccccc1)c1ccccc1. The molecule has 1 aromatic heterocycles. The fourth-order valence-electron chi connectivity index (χ4n) is 12.3. The van der Waals surface area contributed by atoms with Crippen LogP contribution < -0.4 is 27.0 Å². The molecule has 4 aromatic carbocycles.